The molecule has 1 aliphatic rings. The fourth-order valence-electron chi connectivity index (χ4n) is 4.31. The van der Waals surface area contributed by atoms with Gasteiger partial charge in [0, 0.05) is 5.56 Å². The first kappa shape index (κ1) is 16.9. The van der Waals surface area contributed by atoms with Crippen molar-refractivity contribution in [3.63, 3.8) is 0 Å². The Kier molecular flexibility index (Phi) is 4.08. The number of aromatic nitrogens is 2. The molecule has 2 N–H and O–H groups in total. The lowest BCUT2D eigenvalue weighted by Gasteiger charge is -2.30. The van der Waals surface area contributed by atoms with Gasteiger partial charge in [-0.2, -0.15) is 9.66 Å². The Bertz CT molecular complexity index is 1020. The van der Waals surface area contributed by atoms with Crippen molar-refractivity contribution in [3.8, 4) is 6.07 Å². The van der Waals surface area contributed by atoms with Gasteiger partial charge in [-0.3, -0.25) is 9.88 Å². The van der Waals surface area contributed by atoms with E-state index in [2.05, 4.69) is 66.4 Å². The quantitative estimate of drug-likeness (QED) is 0.690. The molecule has 5 heteroatoms. The van der Waals surface area contributed by atoms with Gasteiger partial charge in [-0.05, 0) is 30.5 Å². The van der Waals surface area contributed by atoms with Crippen LogP contribution in [0.1, 0.15) is 36.5 Å². The highest BCUT2D eigenvalue weighted by molar-refractivity contribution is 5.78. The van der Waals surface area contributed by atoms with Crippen LogP contribution in [0.3, 0.4) is 0 Å². The molecule has 3 aromatic rings. The summed E-state index contributed by atoms with van der Waals surface area (Å²) in [5.74, 6) is 1.62. The van der Waals surface area contributed by atoms with Gasteiger partial charge in [0.15, 0.2) is 0 Å². The van der Waals surface area contributed by atoms with E-state index in [1.54, 1.807) is 4.90 Å². The Morgan fingerprint density at radius 1 is 1.23 bits per heavy atom. The zero-order valence-electron chi connectivity index (χ0n) is 16.1. The number of rotatable bonds is 2. The van der Waals surface area contributed by atoms with Crippen LogP contribution in [0.2, 0.25) is 0 Å². The van der Waals surface area contributed by atoms with E-state index in [0.717, 1.165) is 54.0 Å². The summed E-state index contributed by atoms with van der Waals surface area (Å²) < 4.78 is 2.29. The van der Waals surface area contributed by atoms with Crippen molar-refractivity contribution in [3.05, 3.63) is 41.0 Å². The van der Waals surface area contributed by atoms with E-state index < -0.39 is 0 Å². The zero-order valence-corrected chi connectivity index (χ0v) is 16.1. The fraction of sp³-hybridized carbons (Fsp3) is 0.429. The number of likely N-dealkylation sites (N-methyl/N-ethyl adjacent to an activating group) is 1. The first-order valence-electron chi connectivity index (χ1n) is 9.48. The lowest BCUT2D eigenvalue weighted by atomic mass is 9.94. The minimum absolute atomic E-state index is 0.356. The summed E-state index contributed by atoms with van der Waals surface area (Å²) in [6, 6.07) is 10.8. The minimum Gasteiger partial charge on any atom is -0.332 e. The second-order valence-corrected chi connectivity index (χ2v) is 7.77. The molecule has 26 heavy (non-hydrogen) atoms. The lowest BCUT2D eigenvalue weighted by Crippen LogP contribution is -3.12. The predicted molar refractivity (Wildman–Crippen MR) is 104 cm³/mol. The molecule has 0 spiro atoms. The van der Waals surface area contributed by atoms with Crippen LogP contribution in [-0.4, -0.2) is 38.2 Å². The van der Waals surface area contributed by atoms with Gasteiger partial charge in [0.05, 0.1) is 7.05 Å². The third-order valence-corrected chi connectivity index (χ3v) is 5.70. The highest BCUT2D eigenvalue weighted by atomic mass is 15.3. The molecule has 4 rings (SSSR count). The van der Waals surface area contributed by atoms with Crippen LogP contribution in [0.15, 0.2) is 24.3 Å². The molecule has 134 valence electrons. The number of imidazole rings is 1. The van der Waals surface area contributed by atoms with Gasteiger partial charge in [0.1, 0.15) is 48.8 Å². The molecule has 2 aromatic heterocycles. The SMILES string of the molecule is Cc1c(C(C)C)c(N2CC[NH+](C)CC2)[n+]2c([nH]c3ccccc32)c1C#N. The Morgan fingerprint density at radius 3 is 2.58 bits per heavy atom. The molecule has 1 aromatic carbocycles. The summed E-state index contributed by atoms with van der Waals surface area (Å²) >= 11 is 0. The number of benzene rings is 1. The van der Waals surface area contributed by atoms with Gasteiger partial charge in [0.2, 0.25) is 11.5 Å². The number of nitrogens with one attached hydrogen (secondary N) is 2. The monoisotopic (exact) mass is 349 g/mol. The minimum atomic E-state index is 0.356. The molecule has 3 heterocycles. The van der Waals surface area contributed by atoms with Gasteiger partial charge in [-0.1, -0.05) is 26.0 Å². The number of piperazine rings is 1. The number of H-pyrrole nitrogens is 1. The highest BCUT2D eigenvalue weighted by Crippen LogP contribution is 2.32. The molecule has 1 saturated heterocycles. The van der Waals surface area contributed by atoms with E-state index in [0.29, 0.717) is 5.92 Å². The number of nitrogens with zero attached hydrogens (tertiary/aromatic N) is 3. The third-order valence-electron chi connectivity index (χ3n) is 5.70. The van der Waals surface area contributed by atoms with E-state index in [1.165, 1.54) is 11.4 Å². The smallest absolute Gasteiger partial charge is 0.250 e. The maximum Gasteiger partial charge on any atom is 0.250 e. The van der Waals surface area contributed by atoms with Crippen molar-refractivity contribution in [2.24, 2.45) is 0 Å². The van der Waals surface area contributed by atoms with Crippen molar-refractivity contribution < 1.29 is 9.30 Å². The van der Waals surface area contributed by atoms with Crippen LogP contribution < -0.4 is 14.2 Å². The molecule has 0 unspecified atom stereocenters. The predicted octanol–water partition coefficient (Wildman–Crippen LogP) is 1.54. The second kappa shape index (κ2) is 6.30. The van der Waals surface area contributed by atoms with Crippen LogP contribution in [0, 0.1) is 18.3 Å². The molecule has 0 atom stereocenters. The Morgan fingerprint density at radius 2 is 1.92 bits per heavy atom. The van der Waals surface area contributed by atoms with Crippen LogP contribution in [0.5, 0.6) is 0 Å². The molecule has 1 aliphatic heterocycles. The van der Waals surface area contributed by atoms with Gasteiger partial charge in [-0.25, -0.2) is 0 Å². The van der Waals surface area contributed by atoms with E-state index in [1.807, 2.05) is 6.07 Å². The average Bonchev–Trinajstić information content (AvgIpc) is 3.00. The van der Waals surface area contributed by atoms with E-state index in [9.17, 15) is 5.26 Å². The molecule has 0 amide bonds. The molecule has 0 aliphatic carbocycles. The number of pyridine rings is 1. The van der Waals surface area contributed by atoms with Gasteiger partial charge in [-0.15, -0.1) is 0 Å². The van der Waals surface area contributed by atoms with Crippen LogP contribution in [0.25, 0.3) is 16.7 Å². The number of nitriles is 1. The summed E-state index contributed by atoms with van der Waals surface area (Å²) in [4.78, 5) is 7.60. The Hall–Kier alpha value is -2.58. The summed E-state index contributed by atoms with van der Waals surface area (Å²) in [6.07, 6.45) is 0. The number of para-hydroxylation sites is 2. The molecule has 5 nitrogen and oxygen atoms in total. The fourth-order valence-corrected chi connectivity index (χ4v) is 4.31. The number of aromatic amines is 1. The topological polar surface area (TPSA) is 51.4 Å². The Balaban J connectivity index is 2.13. The zero-order chi connectivity index (χ0) is 18.4. The number of hydrogen-bond donors (Lipinski definition) is 2. The number of hydrogen-bond acceptors (Lipinski definition) is 2. The number of anilines is 1. The first-order valence-corrected chi connectivity index (χ1v) is 9.48. The van der Waals surface area contributed by atoms with Crippen molar-refractivity contribution in [2.75, 3.05) is 38.1 Å². The van der Waals surface area contributed by atoms with Gasteiger partial charge >= 0.3 is 0 Å². The van der Waals surface area contributed by atoms with E-state index >= 15 is 0 Å². The maximum atomic E-state index is 9.88. The van der Waals surface area contributed by atoms with Crippen molar-refractivity contribution in [2.45, 2.75) is 26.7 Å². The normalized spacial score (nSPS) is 15.9. The summed E-state index contributed by atoms with van der Waals surface area (Å²) in [5, 5.41) is 9.88. The van der Waals surface area contributed by atoms with Crippen molar-refractivity contribution in [1.82, 2.24) is 4.98 Å². The summed E-state index contributed by atoms with van der Waals surface area (Å²) in [7, 11) is 2.26. The van der Waals surface area contributed by atoms with Crippen LogP contribution >= 0.6 is 0 Å². The molecule has 0 saturated carbocycles. The first-order chi connectivity index (χ1) is 12.5. The maximum absolute atomic E-state index is 9.88. The number of quaternary nitrogens is 1. The van der Waals surface area contributed by atoms with Crippen LogP contribution in [0.4, 0.5) is 5.82 Å². The second-order valence-electron chi connectivity index (χ2n) is 7.77. The molecule has 0 bridgehead atoms. The highest BCUT2D eigenvalue weighted by Gasteiger charge is 2.32. The average molecular weight is 349 g/mol. The molecular formula is C21H27N5+2. The number of fused-ring (bicyclic) bond motifs is 3. The lowest BCUT2D eigenvalue weighted by molar-refractivity contribution is -0.880. The van der Waals surface area contributed by atoms with Crippen molar-refractivity contribution in [1.29, 1.82) is 5.26 Å². The summed E-state index contributed by atoms with van der Waals surface area (Å²) in [6.45, 7) is 10.9. The third kappa shape index (κ3) is 2.45. The standard InChI is InChI=1S/C21H25N5/c1-14(2)19-15(3)16(13-22)20-23-17-7-5-6-8-18(17)26(20)21(19)25-11-9-24(4)10-12-25/h5-8,14H,9-12H2,1-4H3/p+2. The largest absolute Gasteiger partial charge is 0.332 e. The molecule has 1 fully saturated rings. The van der Waals surface area contributed by atoms with Crippen LogP contribution in [-0.2, 0) is 0 Å². The Labute approximate surface area is 154 Å². The van der Waals surface area contributed by atoms with Crippen molar-refractivity contribution >= 4 is 22.5 Å². The molecular weight excluding hydrogens is 322 g/mol. The van der Waals surface area contributed by atoms with E-state index in [-0.39, 0.29) is 0 Å². The van der Waals surface area contributed by atoms with E-state index in [4.69, 9.17) is 0 Å². The van der Waals surface area contributed by atoms with Gasteiger partial charge in [0.25, 0.3) is 0 Å². The molecule has 0 radical (unpaired) electrons. The summed E-state index contributed by atoms with van der Waals surface area (Å²) in [5.41, 5.74) is 6.29. The van der Waals surface area contributed by atoms with Gasteiger partial charge < -0.3 is 4.90 Å².